The molecule has 0 spiro atoms. The van der Waals surface area contributed by atoms with Crippen molar-refractivity contribution in [1.29, 1.82) is 0 Å². The molecular weight excluding hydrogens is 316 g/mol. The lowest BCUT2D eigenvalue weighted by atomic mass is 10.1. The molecule has 1 saturated heterocycles. The lowest BCUT2D eigenvalue weighted by Gasteiger charge is -2.35. The fourth-order valence-corrected chi connectivity index (χ4v) is 3.45. The number of nitrogens with zero attached hydrogens (tertiary/aromatic N) is 4. The van der Waals surface area contributed by atoms with E-state index in [1.165, 1.54) is 5.56 Å². The number of piperazine rings is 1. The highest BCUT2D eigenvalue weighted by molar-refractivity contribution is 5.35. The summed E-state index contributed by atoms with van der Waals surface area (Å²) in [4.78, 5) is 14.1. The summed E-state index contributed by atoms with van der Waals surface area (Å²) in [6, 6.07) is 8.24. The number of ether oxygens (including phenoxy) is 2. The van der Waals surface area contributed by atoms with Crippen molar-refractivity contribution in [2.24, 2.45) is 0 Å². The summed E-state index contributed by atoms with van der Waals surface area (Å²) in [5, 5.41) is 0. The summed E-state index contributed by atoms with van der Waals surface area (Å²) in [7, 11) is 1.73. The minimum atomic E-state index is 0.641. The summed E-state index contributed by atoms with van der Waals surface area (Å²) in [6.45, 7) is 6.22. The molecule has 2 aliphatic heterocycles. The van der Waals surface area contributed by atoms with Crippen LogP contribution in [-0.2, 0) is 24.3 Å². The van der Waals surface area contributed by atoms with E-state index >= 15 is 0 Å². The maximum atomic E-state index is 5.46. The number of aromatic nitrogens is 2. The van der Waals surface area contributed by atoms with E-state index in [2.05, 4.69) is 26.9 Å². The van der Waals surface area contributed by atoms with Crippen LogP contribution < -0.4 is 9.64 Å². The Morgan fingerprint density at radius 1 is 1.16 bits per heavy atom. The van der Waals surface area contributed by atoms with Gasteiger partial charge < -0.3 is 14.4 Å². The molecular formula is C19H24N4O2. The fraction of sp³-hybridized carbons (Fsp3) is 0.474. The van der Waals surface area contributed by atoms with Crippen molar-refractivity contribution < 1.29 is 9.47 Å². The van der Waals surface area contributed by atoms with Gasteiger partial charge in [0.15, 0.2) is 0 Å². The number of fused-ring (bicyclic) bond motifs is 1. The van der Waals surface area contributed by atoms with E-state index in [-0.39, 0.29) is 0 Å². The van der Waals surface area contributed by atoms with Gasteiger partial charge in [-0.15, -0.1) is 0 Å². The standard InChI is InChI=1S/C19H24N4O2/c1-24-18-5-3-2-4-15(18)13-22-7-9-23(10-8-22)19-20-12-16-14-25-11-6-17(16)21-19/h2-5,12H,6-11,13-14H2,1H3. The number of hydrogen-bond donors (Lipinski definition) is 0. The van der Waals surface area contributed by atoms with E-state index in [4.69, 9.17) is 14.5 Å². The Hall–Kier alpha value is -2.18. The van der Waals surface area contributed by atoms with Crippen LogP contribution >= 0.6 is 0 Å². The first-order valence-electron chi connectivity index (χ1n) is 8.85. The molecule has 1 fully saturated rings. The number of rotatable bonds is 4. The number of anilines is 1. The summed E-state index contributed by atoms with van der Waals surface area (Å²) in [5.41, 5.74) is 3.51. The smallest absolute Gasteiger partial charge is 0.225 e. The molecule has 1 aromatic heterocycles. The zero-order valence-corrected chi connectivity index (χ0v) is 14.6. The molecule has 6 heteroatoms. The zero-order valence-electron chi connectivity index (χ0n) is 14.6. The average molecular weight is 340 g/mol. The minimum absolute atomic E-state index is 0.641. The van der Waals surface area contributed by atoms with Crippen LogP contribution in [0.15, 0.2) is 30.5 Å². The van der Waals surface area contributed by atoms with Gasteiger partial charge in [-0.05, 0) is 6.07 Å². The molecule has 0 saturated carbocycles. The van der Waals surface area contributed by atoms with Crippen LogP contribution in [0, 0.1) is 0 Å². The lowest BCUT2D eigenvalue weighted by molar-refractivity contribution is 0.109. The minimum Gasteiger partial charge on any atom is -0.496 e. The molecule has 132 valence electrons. The van der Waals surface area contributed by atoms with Crippen LogP contribution in [-0.4, -0.2) is 54.8 Å². The summed E-state index contributed by atoms with van der Waals surface area (Å²) in [5.74, 6) is 1.82. The van der Waals surface area contributed by atoms with Crippen molar-refractivity contribution in [3.05, 3.63) is 47.3 Å². The summed E-state index contributed by atoms with van der Waals surface area (Å²) in [6.07, 6.45) is 2.82. The first-order valence-corrected chi connectivity index (χ1v) is 8.85. The summed E-state index contributed by atoms with van der Waals surface area (Å²) >= 11 is 0. The van der Waals surface area contributed by atoms with Crippen molar-refractivity contribution >= 4 is 5.95 Å². The third-order valence-electron chi connectivity index (χ3n) is 4.92. The third kappa shape index (κ3) is 3.60. The predicted molar refractivity (Wildman–Crippen MR) is 95.9 cm³/mol. The van der Waals surface area contributed by atoms with Gasteiger partial charge in [0.1, 0.15) is 5.75 Å². The van der Waals surface area contributed by atoms with Crippen molar-refractivity contribution in [2.45, 2.75) is 19.6 Å². The molecule has 0 N–H and O–H groups in total. The maximum Gasteiger partial charge on any atom is 0.225 e. The molecule has 2 aliphatic rings. The Kier molecular flexibility index (Phi) is 4.81. The van der Waals surface area contributed by atoms with Crippen molar-refractivity contribution in [3.8, 4) is 5.75 Å². The monoisotopic (exact) mass is 340 g/mol. The molecule has 0 atom stereocenters. The molecule has 1 aromatic carbocycles. The van der Waals surface area contributed by atoms with Crippen LogP contribution in [0.5, 0.6) is 5.75 Å². The SMILES string of the molecule is COc1ccccc1CN1CCN(c2ncc3c(n2)CCOC3)CC1. The normalized spacial score (nSPS) is 18.0. The van der Waals surface area contributed by atoms with Gasteiger partial charge in [-0.2, -0.15) is 0 Å². The highest BCUT2D eigenvalue weighted by Crippen LogP contribution is 2.21. The maximum absolute atomic E-state index is 5.46. The highest BCUT2D eigenvalue weighted by Gasteiger charge is 2.21. The van der Waals surface area contributed by atoms with Crippen molar-refractivity contribution in [1.82, 2.24) is 14.9 Å². The first-order chi connectivity index (χ1) is 12.3. The molecule has 0 radical (unpaired) electrons. The zero-order chi connectivity index (χ0) is 17.1. The largest absolute Gasteiger partial charge is 0.496 e. The van der Waals surface area contributed by atoms with Crippen LogP contribution in [0.4, 0.5) is 5.95 Å². The van der Waals surface area contributed by atoms with Gasteiger partial charge in [-0.25, -0.2) is 9.97 Å². The Morgan fingerprint density at radius 3 is 2.84 bits per heavy atom. The molecule has 0 bridgehead atoms. The molecule has 2 aromatic rings. The fourth-order valence-electron chi connectivity index (χ4n) is 3.45. The van der Waals surface area contributed by atoms with Crippen LogP contribution in [0.25, 0.3) is 0 Å². The second kappa shape index (κ2) is 7.37. The quantitative estimate of drug-likeness (QED) is 0.847. The van der Waals surface area contributed by atoms with Crippen LogP contribution in [0.3, 0.4) is 0 Å². The van der Waals surface area contributed by atoms with E-state index in [1.807, 2.05) is 18.3 Å². The van der Waals surface area contributed by atoms with E-state index in [0.29, 0.717) is 6.61 Å². The van der Waals surface area contributed by atoms with Gasteiger partial charge in [0, 0.05) is 56.5 Å². The van der Waals surface area contributed by atoms with Crippen molar-refractivity contribution in [3.63, 3.8) is 0 Å². The van der Waals surface area contributed by atoms with Gasteiger partial charge in [0.2, 0.25) is 5.95 Å². The molecule has 3 heterocycles. The van der Waals surface area contributed by atoms with Crippen LogP contribution in [0.1, 0.15) is 16.8 Å². The van der Waals surface area contributed by atoms with Gasteiger partial charge in [-0.1, -0.05) is 18.2 Å². The Labute approximate surface area is 148 Å². The topological polar surface area (TPSA) is 50.7 Å². The molecule has 0 aliphatic carbocycles. The second-order valence-electron chi connectivity index (χ2n) is 6.52. The molecule has 4 rings (SSSR count). The molecule has 0 amide bonds. The predicted octanol–water partition coefficient (Wildman–Crippen LogP) is 1.88. The number of methoxy groups -OCH3 is 1. The first kappa shape index (κ1) is 16.3. The lowest BCUT2D eigenvalue weighted by Crippen LogP contribution is -2.46. The second-order valence-corrected chi connectivity index (χ2v) is 6.52. The van der Waals surface area contributed by atoms with E-state index in [1.54, 1.807) is 7.11 Å². The Bertz CT molecular complexity index is 729. The Morgan fingerprint density at radius 2 is 2.00 bits per heavy atom. The van der Waals surface area contributed by atoms with Gasteiger partial charge in [0.05, 0.1) is 26.0 Å². The van der Waals surface area contributed by atoms with E-state index in [9.17, 15) is 0 Å². The third-order valence-corrected chi connectivity index (χ3v) is 4.92. The molecule has 6 nitrogen and oxygen atoms in total. The Balaban J connectivity index is 1.38. The number of benzene rings is 1. The number of para-hydroxylation sites is 1. The van der Waals surface area contributed by atoms with Crippen LogP contribution in [0.2, 0.25) is 0 Å². The van der Waals surface area contributed by atoms with Gasteiger partial charge in [0.25, 0.3) is 0 Å². The average Bonchev–Trinajstić information content (AvgIpc) is 2.68. The van der Waals surface area contributed by atoms with Crippen molar-refractivity contribution in [2.75, 3.05) is 44.8 Å². The van der Waals surface area contributed by atoms with Gasteiger partial charge >= 0.3 is 0 Å². The molecule has 0 unspecified atom stereocenters. The number of hydrogen-bond acceptors (Lipinski definition) is 6. The summed E-state index contributed by atoms with van der Waals surface area (Å²) < 4.78 is 10.9. The van der Waals surface area contributed by atoms with E-state index in [0.717, 1.165) is 68.7 Å². The molecule has 25 heavy (non-hydrogen) atoms. The van der Waals surface area contributed by atoms with E-state index < -0.39 is 0 Å². The van der Waals surface area contributed by atoms with Gasteiger partial charge in [-0.3, -0.25) is 4.90 Å². The highest BCUT2D eigenvalue weighted by atomic mass is 16.5.